The van der Waals surface area contributed by atoms with Crippen LogP contribution in [0, 0.1) is 6.92 Å². The Hall–Kier alpha value is -1.92. The second-order valence-corrected chi connectivity index (χ2v) is 5.33. The van der Waals surface area contributed by atoms with E-state index >= 15 is 0 Å². The molecule has 0 unspecified atom stereocenters. The molecule has 1 saturated heterocycles. The third-order valence-electron chi connectivity index (χ3n) is 3.80. The molecular formula is C15H21N3O3. The number of nitrogens with one attached hydrogen (secondary N) is 2. The molecule has 1 aliphatic rings. The third-order valence-corrected chi connectivity index (χ3v) is 3.80. The fourth-order valence-electron chi connectivity index (χ4n) is 2.30. The van der Waals surface area contributed by atoms with Crippen molar-refractivity contribution >= 4 is 17.5 Å². The molecule has 114 valence electrons. The fourth-order valence-corrected chi connectivity index (χ4v) is 2.30. The predicted octanol–water partition coefficient (Wildman–Crippen LogP) is 0.801. The topological polar surface area (TPSA) is 93.5 Å². The van der Waals surface area contributed by atoms with E-state index in [1.54, 1.807) is 25.2 Å². The lowest BCUT2D eigenvalue weighted by Gasteiger charge is -2.32. The molecule has 1 aromatic carbocycles. The van der Waals surface area contributed by atoms with E-state index in [9.17, 15) is 9.59 Å². The molecule has 1 aromatic rings. The first-order valence-electron chi connectivity index (χ1n) is 6.97. The van der Waals surface area contributed by atoms with Crippen molar-refractivity contribution in [1.29, 1.82) is 0 Å². The van der Waals surface area contributed by atoms with Crippen LogP contribution < -0.4 is 16.4 Å². The van der Waals surface area contributed by atoms with Gasteiger partial charge in [-0.05, 0) is 43.5 Å². The fraction of sp³-hybridized carbons (Fsp3) is 0.467. The summed E-state index contributed by atoms with van der Waals surface area (Å²) in [5.74, 6) is -0.364. The van der Waals surface area contributed by atoms with Crippen LogP contribution in [0.4, 0.5) is 5.69 Å². The first-order chi connectivity index (χ1) is 9.96. The summed E-state index contributed by atoms with van der Waals surface area (Å²) in [6.45, 7) is 2.84. The zero-order chi connectivity index (χ0) is 15.5. The molecule has 0 bridgehead atoms. The highest BCUT2D eigenvalue weighted by molar-refractivity contribution is 5.99. The molecule has 0 atom stereocenters. The second kappa shape index (κ2) is 6.24. The highest BCUT2D eigenvalue weighted by Gasteiger charge is 2.36. The summed E-state index contributed by atoms with van der Waals surface area (Å²) in [6, 6.07) is 5.14. The maximum absolute atomic E-state index is 12.3. The van der Waals surface area contributed by atoms with Crippen LogP contribution in [0.5, 0.6) is 0 Å². The van der Waals surface area contributed by atoms with Crippen molar-refractivity contribution in [3.8, 4) is 0 Å². The number of carbonyl (C=O) groups is 2. The van der Waals surface area contributed by atoms with Gasteiger partial charge in [-0.3, -0.25) is 9.59 Å². The highest BCUT2D eigenvalue weighted by atomic mass is 16.5. The lowest BCUT2D eigenvalue weighted by molar-refractivity contribution is -0.124. The normalized spacial score (nSPS) is 17.1. The van der Waals surface area contributed by atoms with Crippen LogP contribution in [-0.2, 0) is 9.53 Å². The number of aryl methyl sites for hydroxylation is 1. The third kappa shape index (κ3) is 3.40. The van der Waals surface area contributed by atoms with Crippen molar-refractivity contribution < 1.29 is 14.3 Å². The molecule has 4 N–H and O–H groups in total. The van der Waals surface area contributed by atoms with E-state index in [0.29, 0.717) is 37.3 Å². The number of benzene rings is 1. The highest BCUT2D eigenvalue weighted by Crippen LogP contribution is 2.22. The minimum atomic E-state index is -0.885. The van der Waals surface area contributed by atoms with Crippen LogP contribution in [0.3, 0.4) is 0 Å². The number of carbonyl (C=O) groups excluding carboxylic acids is 2. The number of ether oxygens (including phenoxy) is 1. The van der Waals surface area contributed by atoms with Gasteiger partial charge in [-0.25, -0.2) is 0 Å². The zero-order valence-corrected chi connectivity index (χ0v) is 12.4. The maximum atomic E-state index is 12.3. The van der Waals surface area contributed by atoms with Crippen LogP contribution in [0.2, 0.25) is 0 Å². The van der Waals surface area contributed by atoms with Gasteiger partial charge >= 0.3 is 0 Å². The van der Waals surface area contributed by atoms with Crippen molar-refractivity contribution in [3.63, 3.8) is 0 Å². The number of hydrogen-bond acceptors (Lipinski definition) is 4. The van der Waals surface area contributed by atoms with Crippen LogP contribution in [0.1, 0.15) is 28.8 Å². The molecule has 6 nitrogen and oxygen atoms in total. The number of amides is 2. The van der Waals surface area contributed by atoms with Gasteiger partial charge in [-0.1, -0.05) is 0 Å². The van der Waals surface area contributed by atoms with Gasteiger partial charge in [0.25, 0.3) is 5.91 Å². The van der Waals surface area contributed by atoms with Crippen LogP contribution in [-0.4, -0.2) is 37.6 Å². The number of rotatable bonds is 3. The Morgan fingerprint density at radius 2 is 1.95 bits per heavy atom. The molecule has 0 aliphatic carbocycles. The zero-order valence-electron chi connectivity index (χ0n) is 12.4. The van der Waals surface area contributed by atoms with Crippen molar-refractivity contribution in [2.45, 2.75) is 25.3 Å². The lowest BCUT2D eigenvalue weighted by atomic mass is 9.90. The standard InChI is InChI=1S/C15H21N3O3/c1-10-9-11(13(19)17-2)3-4-12(10)18-14(20)15(16)5-7-21-8-6-15/h3-4,9H,5-8,16H2,1-2H3,(H,17,19)(H,18,20). The van der Waals surface area contributed by atoms with Gasteiger partial charge < -0.3 is 21.1 Å². The predicted molar refractivity (Wildman–Crippen MR) is 80.2 cm³/mol. The van der Waals surface area contributed by atoms with Crippen LogP contribution >= 0.6 is 0 Å². The van der Waals surface area contributed by atoms with Gasteiger partial charge in [0.05, 0.1) is 0 Å². The molecule has 0 saturated carbocycles. The van der Waals surface area contributed by atoms with Gasteiger partial charge in [-0.2, -0.15) is 0 Å². The van der Waals surface area contributed by atoms with E-state index in [4.69, 9.17) is 10.5 Å². The minimum absolute atomic E-state index is 0.157. The van der Waals surface area contributed by atoms with E-state index < -0.39 is 5.54 Å². The Morgan fingerprint density at radius 1 is 1.29 bits per heavy atom. The van der Waals surface area contributed by atoms with E-state index in [1.807, 2.05) is 6.92 Å². The molecule has 2 amide bonds. The summed E-state index contributed by atoms with van der Waals surface area (Å²) in [4.78, 5) is 23.9. The summed E-state index contributed by atoms with van der Waals surface area (Å²) >= 11 is 0. The van der Waals surface area contributed by atoms with Gasteiger partial charge in [0.1, 0.15) is 5.54 Å². The molecular weight excluding hydrogens is 270 g/mol. The average molecular weight is 291 g/mol. The first kappa shape index (κ1) is 15.5. The van der Waals surface area contributed by atoms with E-state index in [2.05, 4.69) is 10.6 Å². The summed E-state index contributed by atoms with van der Waals surface area (Å²) in [6.07, 6.45) is 1.02. The molecule has 1 fully saturated rings. The summed E-state index contributed by atoms with van der Waals surface area (Å²) in [5.41, 5.74) is 7.31. The van der Waals surface area contributed by atoms with Gasteiger partial charge in [0, 0.05) is 31.5 Å². The van der Waals surface area contributed by atoms with Crippen molar-refractivity contribution in [2.75, 3.05) is 25.6 Å². The lowest BCUT2D eigenvalue weighted by Crippen LogP contribution is -2.54. The molecule has 1 heterocycles. The van der Waals surface area contributed by atoms with Crippen molar-refractivity contribution in [2.24, 2.45) is 5.73 Å². The Labute approximate surface area is 124 Å². The Kier molecular flexibility index (Phi) is 4.59. The second-order valence-electron chi connectivity index (χ2n) is 5.33. The SMILES string of the molecule is CNC(=O)c1ccc(NC(=O)C2(N)CCOCC2)c(C)c1. The van der Waals surface area contributed by atoms with E-state index in [0.717, 1.165) is 5.56 Å². The minimum Gasteiger partial charge on any atom is -0.381 e. The van der Waals surface area contributed by atoms with E-state index in [1.165, 1.54) is 0 Å². The molecule has 6 heteroatoms. The van der Waals surface area contributed by atoms with Gasteiger partial charge in [0.15, 0.2) is 0 Å². The Bertz CT molecular complexity index is 551. The smallest absolute Gasteiger partial charge is 0.251 e. The molecule has 0 aromatic heterocycles. The molecule has 21 heavy (non-hydrogen) atoms. The largest absolute Gasteiger partial charge is 0.381 e. The summed E-state index contributed by atoms with van der Waals surface area (Å²) in [5, 5.41) is 5.42. The molecule has 0 radical (unpaired) electrons. The van der Waals surface area contributed by atoms with Gasteiger partial charge in [0.2, 0.25) is 5.91 Å². The molecule has 1 aliphatic heterocycles. The number of anilines is 1. The first-order valence-corrected chi connectivity index (χ1v) is 6.97. The monoisotopic (exact) mass is 291 g/mol. The quantitative estimate of drug-likeness (QED) is 0.768. The maximum Gasteiger partial charge on any atom is 0.251 e. The van der Waals surface area contributed by atoms with Crippen molar-refractivity contribution in [1.82, 2.24) is 5.32 Å². The number of hydrogen-bond donors (Lipinski definition) is 3. The van der Waals surface area contributed by atoms with E-state index in [-0.39, 0.29) is 11.8 Å². The Balaban J connectivity index is 2.12. The van der Waals surface area contributed by atoms with Crippen molar-refractivity contribution in [3.05, 3.63) is 29.3 Å². The average Bonchev–Trinajstić information content (AvgIpc) is 2.49. The number of nitrogens with two attached hydrogens (primary N) is 1. The van der Waals surface area contributed by atoms with Crippen LogP contribution in [0.25, 0.3) is 0 Å². The Morgan fingerprint density at radius 3 is 2.52 bits per heavy atom. The molecule has 0 spiro atoms. The van der Waals surface area contributed by atoms with Gasteiger partial charge in [-0.15, -0.1) is 0 Å². The molecule has 2 rings (SSSR count). The summed E-state index contributed by atoms with van der Waals surface area (Å²) in [7, 11) is 1.58. The van der Waals surface area contributed by atoms with Crippen LogP contribution in [0.15, 0.2) is 18.2 Å². The summed E-state index contributed by atoms with van der Waals surface area (Å²) < 4.78 is 5.24.